The van der Waals surface area contributed by atoms with Gasteiger partial charge < -0.3 is 14.8 Å². The molecule has 1 aromatic heterocycles. The molecule has 0 fully saturated rings. The monoisotopic (exact) mass is 238 g/mol. The normalized spacial score (nSPS) is 12.8. The van der Waals surface area contributed by atoms with Gasteiger partial charge in [-0.2, -0.15) is 0 Å². The number of hydrogen-bond donors (Lipinski definition) is 1. The number of nitrogens with zero attached hydrogens (tertiary/aromatic N) is 1. The average molecular weight is 238 g/mol. The molecule has 0 bridgehead atoms. The molecule has 0 amide bonds. The minimum Gasteiger partial charge on any atom is -0.475 e. The summed E-state index contributed by atoms with van der Waals surface area (Å²) in [5.74, 6) is 0.682. The maximum absolute atomic E-state index is 5.63. The minimum absolute atomic E-state index is 0.227. The van der Waals surface area contributed by atoms with Crippen LogP contribution in [0.4, 0.5) is 0 Å². The number of ether oxygens (including phenoxy) is 2. The maximum atomic E-state index is 5.63. The lowest BCUT2D eigenvalue weighted by atomic mass is 10.1. The molecule has 0 saturated carbocycles. The molecule has 4 heteroatoms. The lowest BCUT2D eigenvalue weighted by molar-refractivity contribution is 0.0539. The zero-order chi connectivity index (χ0) is 12.7. The van der Waals surface area contributed by atoms with Crippen molar-refractivity contribution in [2.45, 2.75) is 32.9 Å². The highest BCUT2D eigenvalue weighted by atomic mass is 16.5. The highest BCUT2D eigenvalue weighted by Crippen LogP contribution is 2.21. The van der Waals surface area contributed by atoms with Crippen molar-refractivity contribution in [1.82, 2.24) is 10.3 Å². The topological polar surface area (TPSA) is 43.4 Å². The highest BCUT2D eigenvalue weighted by molar-refractivity contribution is 5.28. The molecule has 1 heterocycles. The SMILES string of the molecule is CNC(C)c1cccnc1OCCOC(C)C. The molecular formula is C13H22N2O2. The van der Waals surface area contributed by atoms with Crippen molar-refractivity contribution in [2.75, 3.05) is 20.3 Å². The van der Waals surface area contributed by atoms with Crippen molar-refractivity contribution in [2.24, 2.45) is 0 Å². The molecule has 1 unspecified atom stereocenters. The van der Waals surface area contributed by atoms with Crippen molar-refractivity contribution in [3.05, 3.63) is 23.9 Å². The Bertz CT molecular complexity index is 329. The van der Waals surface area contributed by atoms with Crippen LogP contribution in [-0.2, 0) is 4.74 Å². The van der Waals surface area contributed by atoms with Gasteiger partial charge in [0.05, 0.1) is 12.7 Å². The molecule has 0 aromatic carbocycles. The first-order valence-electron chi connectivity index (χ1n) is 6.01. The van der Waals surface area contributed by atoms with Crippen LogP contribution in [0.3, 0.4) is 0 Å². The van der Waals surface area contributed by atoms with Gasteiger partial charge in [0.1, 0.15) is 6.61 Å². The van der Waals surface area contributed by atoms with Gasteiger partial charge in [0.15, 0.2) is 0 Å². The molecule has 17 heavy (non-hydrogen) atoms. The molecular weight excluding hydrogens is 216 g/mol. The Hall–Kier alpha value is -1.13. The number of pyridine rings is 1. The van der Waals surface area contributed by atoms with E-state index >= 15 is 0 Å². The Balaban J connectivity index is 2.52. The highest BCUT2D eigenvalue weighted by Gasteiger charge is 2.10. The fourth-order valence-electron chi connectivity index (χ4n) is 1.43. The van der Waals surface area contributed by atoms with Crippen LogP contribution in [0.1, 0.15) is 32.4 Å². The van der Waals surface area contributed by atoms with E-state index in [2.05, 4.69) is 17.2 Å². The summed E-state index contributed by atoms with van der Waals surface area (Å²) in [7, 11) is 1.92. The summed E-state index contributed by atoms with van der Waals surface area (Å²) >= 11 is 0. The molecule has 4 nitrogen and oxygen atoms in total. The fourth-order valence-corrected chi connectivity index (χ4v) is 1.43. The Morgan fingerprint density at radius 3 is 2.71 bits per heavy atom. The van der Waals surface area contributed by atoms with Crippen LogP contribution in [0, 0.1) is 0 Å². The van der Waals surface area contributed by atoms with Gasteiger partial charge in [0.25, 0.3) is 0 Å². The van der Waals surface area contributed by atoms with Gasteiger partial charge in [0, 0.05) is 17.8 Å². The van der Waals surface area contributed by atoms with Crippen LogP contribution in [0.25, 0.3) is 0 Å². The predicted octanol–water partition coefficient (Wildman–Crippen LogP) is 2.17. The number of nitrogens with one attached hydrogen (secondary N) is 1. The zero-order valence-corrected chi connectivity index (χ0v) is 11.1. The summed E-state index contributed by atoms with van der Waals surface area (Å²) in [6.07, 6.45) is 1.97. The molecule has 1 atom stereocenters. The smallest absolute Gasteiger partial charge is 0.218 e. The van der Waals surface area contributed by atoms with Gasteiger partial charge in [-0.05, 0) is 33.9 Å². The molecule has 0 saturated heterocycles. The van der Waals surface area contributed by atoms with Crippen LogP contribution in [-0.4, -0.2) is 31.3 Å². The Morgan fingerprint density at radius 1 is 1.29 bits per heavy atom. The van der Waals surface area contributed by atoms with E-state index < -0.39 is 0 Å². The molecule has 0 aliphatic rings. The fraction of sp³-hybridized carbons (Fsp3) is 0.615. The van der Waals surface area contributed by atoms with E-state index in [9.17, 15) is 0 Å². The summed E-state index contributed by atoms with van der Waals surface area (Å²) in [4.78, 5) is 4.25. The van der Waals surface area contributed by atoms with E-state index in [0.717, 1.165) is 5.56 Å². The van der Waals surface area contributed by atoms with E-state index in [0.29, 0.717) is 19.1 Å². The summed E-state index contributed by atoms with van der Waals surface area (Å²) in [6, 6.07) is 4.16. The van der Waals surface area contributed by atoms with Crippen molar-refractivity contribution < 1.29 is 9.47 Å². The maximum Gasteiger partial charge on any atom is 0.218 e. The number of rotatable bonds is 7. The standard InChI is InChI=1S/C13H22N2O2/c1-10(2)16-8-9-17-13-12(11(3)14-4)6-5-7-15-13/h5-7,10-11,14H,8-9H2,1-4H3. The minimum atomic E-state index is 0.227. The third-order valence-electron chi connectivity index (χ3n) is 2.47. The van der Waals surface area contributed by atoms with E-state index in [1.165, 1.54) is 0 Å². The second-order valence-electron chi connectivity index (χ2n) is 4.18. The molecule has 1 aromatic rings. The Kier molecular flexibility index (Phi) is 5.94. The summed E-state index contributed by atoms with van der Waals surface area (Å²) in [5.41, 5.74) is 1.07. The largest absolute Gasteiger partial charge is 0.475 e. The lowest BCUT2D eigenvalue weighted by Crippen LogP contribution is -2.16. The molecule has 0 aliphatic heterocycles. The summed E-state index contributed by atoms with van der Waals surface area (Å²) in [6.45, 7) is 7.21. The van der Waals surface area contributed by atoms with Gasteiger partial charge in [-0.15, -0.1) is 0 Å². The van der Waals surface area contributed by atoms with Gasteiger partial charge in [-0.3, -0.25) is 0 Å². The van der Waals surface area contributed by atoms with Gasteiger partial charge in [-0.1, -0.05) is 6.07 Å². The van der Waals surface area contributed by atoms with Crippen LogP contribution in [0.15, 0.2) is 18.3 Å². The first-order chi connectivity index (χ1) is 8.15. The first kappa shape index (κ1) is 13.9. The van der Waals surface area contributed by atoms with Crippen LogP contribution < -0.4 is 10.1 Å². The number of aromatic nitrogens is 1. The third-order valence-corrected chi connectivity index (χ3v) is 2.47. The van der Waals surface area contributed by atoms with Crippen LogP contribution in [0.5, 0.6) is 5.88 Å². The Morgan fingerprint density at radius 2 is 2.06 bits per heavy atom. The second-order valence-corrected chi connectivity index (χ2v) is 4.18. The van der Waals surface area contributed by atoms with Crippen molar-refractivity contribution in [3.63, 3.8) is 0 Å². The number of hydrogen-bond acceptors (Lipinski definition) is 4. The zero-order valence-electron chi connectivity index (χ0n) is 11.1. The summed E-state index contributed by atoms with van der Waals surface area (Å²) < 4.78 is 11.1. The summed E-state index contributed by atoms with van der Waals surface area (Å²) in [5, 5.41) is 3.18. The van der Waals surface area contributed by atoms with E-state index in [1.54, 1.807) is 6.20 Å². The second kappa shape index (κ2) is 7.25. The average Bonchev–Trinajstić information content (AvgIpc) is 2.34. The molecule has 96 valence electrons. The Labute approximate surface area is 103 Å². The molecule has 1 N–H and O–H groups in total. The van der Waals surface area contributed by atoms with Gasteiger partial charge >= 0.3 is 0 Å². The van der Waals surface area contributed by atoms with Crippen molar-refractivity contribution >= 4 is 0 Å². The first-order valence-corrected chi connectivity index (χ1v) is 6.01. The molecule has 0 radical (unpaired) electrons. The van der Waals surface area contributed by atoms with E-state index in [-0.39, 0.29) is 12.1 Å². The third kappa shape index (κ3) is 4.71. The molecule has 0 spiro atoms. The predicted molar refractivity (Wildman–Crippen MR) is 68.3 cm³/mol. The van der Waals surface area contributed by atoms with Gasteiger partial charge in [-0.25, -0.2) is 4.98 Å². The van der Waals surface area contributed by atoms with Crippen molar-refractivity contribution in [3.8, 4) is 5.88 Å². The van der Waals surface area contributed by atoms with E-state index in [1.807, 2.05) is 33.0 Å². The van der Waals surface area contributed by atoms with Crippen molar-refractivity contribution in [1.29, 1.82) is 0 Å². The van der Waals surface area contributed by atoms with Gasteiger partial charge in [0.2, 0.25) is 5.88 Å². The quantitative estimate of drug-likeness (QED) is 0.739. The van der Waals surface area contributed by atoms with Crippen LogP contribution >= 0.6 is 0 Å². The molecule has 1 rings (SSSR count). The molecule has 0 aliphatic carbocycles. The lowest BCUT2D eigenvalue weighted by Gasteiger charge is -2.15. The van der Waals surface area contributed by atoms with E-state index in [4.69, 9.17) is 9.47 Å². The van der Waals surface area contributed by atoms with Crippen LogP contribution in [0.2, 0.25) is 0 Å².